The minimum Gasteiger partial charge on any atom is -0.497 e. The Morgan fingerprint density at radius 2 is 1.82 bits per heavy atom. The van der Waals surface area contributed by atoms with E-state index < -0.39 is 12.0 Å². The average molecular weight is 317 g/mol. The number of hydrogen-bond acceptors (Lipinski definition) is 4. The number of rotatable bonds is 7. The molecule has 2 aromatic rings. The second kappa shape index (κ2) is 7.87. The van der Waals surface area contributed by atoms with Gasteiger partial charge in [0.2, 0.25) is 0 Å². The third-order valence-electron chi connectivity index (χ3n) is 3.33. The van der Waals surface area contributed by atoms with Gasteiger partial charge < -0.3 is 15.6 Å². The number of benzene rings is 2. The predicted octanol–water partition coefficient (Wildman–Crippen LogP) is 3.08. The van der Waals surface area contributed by atoms with Crippen molar-refractivity contribution in [3.8, 4) is 5.75 Å². The standard InChI is InChI=1S/C17H19NO3S/c1-21-14-9-7-12(8-10-14)11-22-16(15(18)17(19)20)13-5-3-2-4-6-13/h2-10,15-16H,11,18H2,1H3,(H,19,20)/t15-,16+/m0/s1. The van der Waals surface area contributed by atoms with Crippen molar-refractivity contribution in [2.24, 2.45) is 5.73 Å². The number of ether oxygens (including phenoxy) is 1. The van der Waals surface area contributed by atoms with E-state index in [9.17, 15) is 9.90 Å². The number of thioether (sulfide) groups is 1. The van der Waals surface area contributed by atoms with Gasteiger partial charge in [0.05, 0.1) is 12.4 Å². The molecular formula is C17H19NO3S. The number of hydrogen-bond donors (Lipinski definition) is 2. The normalized spacial score (nSPS) is 13.4. The maximum Gasteiger partial charge on any atom is 0.321 e. The zero-order valence-corrected chi connectivity index (χ0v) is 13.1. The van der Waals surface area contributed by atoms with Crippen molar-refractivity contribution in [1.82, 2.24) is 0 Å². The van der Waals surface area contributed by atoms with E-state index in [0.717, 1.165) is 16.9 Å². The molecule has 0 saturated carbocycles. The zero-order chi connectivity index (χ0) is 15.9. The van der Waals surface area contributed by atoms with Gasteiger partial charge in [-0.1, -0.05) is 42.5 Å². The summed E-state index contributed by atoms with van der Waals surface area (Å²) >= 11 is 1.53. The monoisotopic (exact) mass is 317 g/mol. The van der Waals surface area contributed by atoms with E-state index in [2.05, 4.69) is 0 Å². The third-order valence-corrected chi connectivity index (χ3v) is 4.75. The highest BCUT2D eigenvalue weighted by Crippen LogP contribution is 2.34. The molecule has 0 aliphatic rings. The molecule has 0 bridgehead atoms. The summed E-state index contributed by atoms with van der Waals surface area (Å²) in [7, 11) is 1.63. The second-order valence-electron chi connectivity index (χ2n) is 4.85. The van der Waals surface area contributed by atoms with E-state index in [4.69, 9.17) is 10.5 Å². The summed E-state index contributed by atoms with van der Waals surface area (Å²) in [6.45, 7) is 0. The third kappa shape index (κ3) is 4.26. The molecule has 0 aliphatic carbocycles. The van der Waals surface area contributed by atoms with Crippen LogP contribution >= 0.6 is 11.8 Å². The van der Waals surface area contributed by atoms with Gasteiger partial charge in [0.25, 0.3) is 0 Å². The Bertz CT molecular complexity index is 601. The molecule has 0 aromatic heterocycles. The Hall–Kier alpha value is -1.98. The molecule has 4 nitrogen and oxygen atoms in total. The van der Waals surface area contributed by atoms with Crippen LogP contribution in [-0.2, 0) is 10.5 Å². The Balaban J connectivity index is 2.11. The number of nitrogens with two attached hydrogens (primary N) is 1. The molecule has 2 rings (SSSR count). The summed E-state index contributed by atoms with van der Waals surface area (Å²) in [5.74, 6) is 0.497. The van der Waals surface area contributed by atoms with Crippen LogP contribution in [0.25, 0.3) is 0 Å². The quantitative estimate of drug-likeness (QED) is 0.821. The lowest BCUT2D eigenvalue weighted by atomic mass is 10.1. The Labute approximate surface area is 134 Å². The first-order valence-electron chi connectivity index (χ1n) is 6.89. The second-order valence-corrected chi connectivity index (χ2v) is 5.98. The fourth-order valence-corrected chi connectivity index (χ4v) is 3.33. The summed E-state index contributed by atoms with van der Waals surface area (Å²) in [6, 6.07) is 16.3. The maximum atomic E-state index is 11.3. The van der Waals surface area contributed by atoms with E-state index in [1.807, 2.05) is 54.6 Å². The van der Waals surface area contributed by atoms with Crippen molar-refractivity contribution in [3.05, 3.63) is 65.7 Å². The molecule has 0 spiro atoms. The first kappa shape index (κ1) is 16.4. The van der Waals surface area contributed by atoms with Crippen LogP contribution in [0, 0.1) is 0 Å². The summed E-state index contributed by atoms with van der Waals surface area (Å²) in [4.78, 5) is 11.3. The van der Waals surface area contributed by atoms with Crippen molar-refractivity contribution < 1.29 is 14.6 Å². The summed E-state index contributed by atoms with van der Waals surface area (Å²) < 4.78 is 5.13. The summed E-state index contributed by atoms with van der Waals surface area (Å²) in [6.07, 6.45) is 0. The van der Waals surface area contributed by atoms with Gasteiger partial charge in [-0.05, 0) is 23.3 Å². The molecule has 2 atom stereocenters. The fourth-order valence-electron chi connectivity index (χ4n) is 2.09. The van der Waals surface area contributed by atoms with Gasteiger partial charge in [0, 0.05) is 5.75 Å². The van der Waals surface area contributed by atoms with Gasteiger partial charge in [-0.25, -0.2) is 0 Å². The molecule has 0 heterocycles. The van der Waals surface area contributed by atoms with Gasteiger partial charge in [0.15, 0.2) is 0 Å². The fraction of sp³-hybridized carbons (Fsp3) is 0.235. The van der Waals surface area contributed by atoms with Crippen molar-refractivity contribution in [1.29, 1.82) is 0 Å². The van der Waals surface area contributed by atoms with Crippen molar-refractivity contribution in [3.63, 3.8) is 0 Å². The van der Waals surface area contributed by atoms with E-state index in [1.165, 1.54) is 11.8 Å². The van der Waals surface area contributed by atoms with E-state index in [-0.39, 0.29) is 5.25 Å². The first-order chi connectivity index (χ1) is 10.6. The zero-order valence-electron chi connectivity index (χ0n) is 12.3. The van der Waals surface area contributed by atoms with Crippen LogP contribution in [-0.4, -0.2) is 24.2 Å². The number of carbonyl (C=O) groups is 1. The van der Waals surface area contributed by atoms with Gasteiger partial charge in [-0.3, -0.25) is 4.79 Å². The van der Waals surface area contributed by atoms with Crippen LogP contribution in [0.2, 0.25) is 0 Å². The van der Waals surface area contributed by atoms with Gasteiger partial charge in [-0.2, -0.15) is 0 Å². The minimum absolute atomic E-state index is 0.291. The number of carboxylic acids is 1. The molecule has 116 valence electrons. The highest BCUT2D eigenvalue weighted by Gasteiger charge is 2.26. The molecule has 3 N–H and O–H groups in total. The summed E-state index contributed by atoms with van der Waals surface area (Å²) in [5, 5.41) is 8.93. The molecular weight excluding hydrogens is 298 g/mol. The van der Waals surface area contributed by atoms with Crippen LogP contribution in [0.15, 0.2) is 54.6 Å². The van der Waals surface area contributed by atoms with Crippen LogP contribution < -0.4 is 10.5 Å². The summed E-state index contributed by atoms with van der Waals surface area (Å²) in [5.41, 5.74) is 7.89. The molecule has 5 heteroatoms. The molecule has 0 unspecified atom stereocenters. The lowest BCUT2D eigenvalue weighted by Crippen LogP contribution is -2.35. The smallest absolute Gasteiger partial charge is 0.321 e. The lowest BCUT2D eigenvalue weighted by molar-refractivity contribution is -0.138. The van der Waals surface area contributed by atoms with Gasteiger partial charge in [-0.15, -0.1) is 11.8 Å². The van der Waals surface area contributed by atoms with Crippen molar-refractivity contribution in [2.45, 2.75) is 17.0 Å². The molecule has 0 saturated heterocycles. The molecule has 22 heavy (non-hydrogen) atoms. The van der Waals surface area contributed by atoms with Gasteiger partial charge in [0.1, 0.15) is 11.8 Å². The highest BCUT2D eigenvalue weighted by molar-refractivity contribution is 7.98. The minimum atomic E-state index is -0.990. The number of aliphatic carboxylic acids is 1. The molecule has 0 amide bonds. The molecule has 2 aromatic carbocycles. The van der Waals surface area contributed by atoms with E-state index in [1.54, 1.807) is 7.11 Å². The van der Waals surface area contributed by atoms with E-state index in [0.29, 0.717) is 5.75 Å². The Morgan fingerprint density at radius 1 is 1.18 bits per heavy atom. The first-order valence-corrected chi connectivity index (χ1v) is 7.94. The van der Waals surface area contributed by atoms with Crippen molar-refractivity contribution in [2.75, 3.05) is 7.11 Å². The SMILES string of the molecule is COc1ccc(CS[C@H](c2ccccc2)[C@H](N)C(=O)O)cc1. The Kier molecular flexibility index (Phi) is 5.86. The number of methoxy groups -OCH3 is 1. The van der Waals surface area contributed by atoms with Crippen LogP contribution in [0.5, 0.6) is 5.75 Å². The lowest BCUT2D eigenvalue weighted by Gasteiger charge is -2.21. The van der Waals surface area contributed by atoms with Gasteiger partial charge >= 0.3 is 5.97 Å². The van der Waals surface area contributed by atoms with Crippen LogP contribution in [0.1, 0.15) is 16.4 Å². The topological polar surface area (TPSA) is 72.5 Å². The molecule has 0 fully saturated rings. The van der Waals surface area contributed by atoms with E-state index >= 15 is 0 Å². The Morgan fingerprint density at radius 3 is 2.36 bits per heavy atom. The van der Waals surface area contributed by atoms with Crippen LogP contribution in [0.4, 0.5) is 0 Å². The largest absolute Gasteiger partial charge is 0.497 e. The molecule has 0 aliphatic heterocycles. The van der Waals surface area contributed by atoms with Crippen LogP contribution in [0.3, 0.4) is 0 Å². The predicted molar refractivity (Wildman–Crippen MR) is 89.1 cm³/mol. The number of carboxylic acid groups (broad SMARTS) is 1. The maximum absolute atomic E-state index is 11.3. The van der Waals surface area contributed by atoms with Crippen molar-refractivity contribution >= 4 is 17.7 Å². The average Bonchev–Trinajstić information content (AvgIpc) is 2.56. The molecule has 0 radical (unpaired) electrons. The highest BCUT2D eigenvalue weighted by atomic mass is 32.2.